The minimum atomic E-state index is -4.08. The van der Waals surface area contributed by atoms with Crippen molar-refractivity contribution in [1.29, 1.82) is 0 Å². The first-order valence-electron chi connectivity index (χ1n) is 14.8. The molecule has 0 bridgehead atoms. The molecule has 1 aromatic heterocycles. The largest absolute Gasteiger partial charge is 0.454 e. The number of aromatic nitrogens is 1. The summed E-state index contributed by atoms with van der Waals surface area (Å²) in [6.45, 7) is 7.38. The average Bonchev–Trinajstić information content (AvgIpc) is 3.73. The first kappa shape index (κ1) is 32.7. The Bertz CT molecular complexity index is 1630. The predicted molar refractivity (Wildman–Crippen MR) is 168 cm³/mol. The van der Waals surface area contributed by atoms with Crippen molar-refractivity contribution >= 4 is 38.4 Å². The van der Waals surface area contributed by atoms with Crippen LogP contribution in [0, 0.1) is 19.8 Å². The van der Waals surface area contributed by atoms with Crippen LogP contribution in [0.5, 0.6) is 11.5 Å². The third kappa shape index (κ3) is 7.40. The van der Waals surface area contributed by atoms with Crippen LogP contribution in [-0.2, 0) is 26.0 Å². The monoisotopic (exact) mass is 658 g/mol. The van der Waals surface area contributed by atoms with Crippen molar-refractivity contribution in [2.75, 3.05) is 31.3 Å². The van der Waals surface area contributed by atoms with E-state index in [1.807, 2.05) is 51.1 Å². The molecule has 2 N–H and O–H groups in total. The van der Waals surface area contributed by atoms with E-state index in [1.54, 1.807) is 13.0 Å². The number of fused-ring (bicyclic) bond motifs is 1. The van der Waals surface area contributed by atoms with Crippen LogP contribution >= 0.6 is 11.3 Å². The fourth-order valence-corrected chi connectivity index (χ4v) is 7.74. The number of hydrogen-bond acceptors (Lipinski definition) is 10. The number of rotatable bonds is 13. The maximum atomic E-state index is 13.9. The lowest BCUT2D eigenvalue weighted by Gasteiger charge is -2.31. The lowest BCUT2D eigenvalue weighted by atomic mass is 10.0. The average molecular weight is 659 g/mol. The van der Waals surface area contributed by atoms with E-state index in [4.69, 9.17) is 14.2 Å². The normalized spacial score (nSPS) is 18.1. The predicted octanol–water partition coefficient (Wildman–Crippen LogP) is 3.64. The number of benzene rings is 2. The van der Waals surface area contributed by atoms with Crippen LogP contribution < -0.4 is 19.7 Å². The molecule has 2 aliphatic rings. The van der Waals surface area contributed by atoms with Gasteiger partial charge in [0.1, 0.15) is 5.00 Å². The summed E-state index contributed by atoms with van der Waals surface area (Å²) < 4.78 is 45.3. The van der Waals surface area contributed by atoms with Gasteiger partial charge in [0, 0.05) is 19.2 Å². The number of hydrogen-bond donors (Lipinski definition) is 2. The van der Waals surface area contributed by atoms with Crippen LogP contribution in [0.15, 0.2) is 53.4 Å². The van der Waals surface area contributed by atoms with E-state index in [-0.39, 0.29) is 43.7 Å². The number of thiazole rings is 1. The number of nitrogens with zero attached hydrogens (tertiary/aromatic N) is 3. The van der Waals surface area contributed by atoms with Gasteiger partial charge >= 0.3 is 6.09 Å². The molecule has 1 saturated heterocycles. The van der Waals surface area contributed by atoms with Gasteiger partial charge in [0.15, 0.2) is 17.6 Å². The molecule has 12 nitrogen and oxygen atoms in total. The number of cyclic esters (lactones) is 1. The molecular formula is C31H38N4O8S2. The maximum Gasteiger partial charge on any atom is 0.415 e. The van der Waals surface area contributed by atoms with Gasteiger partial charge in [-0.05, 0) is 43.9 Å². The lowest BCUT2D eigenvalue weighted by Crippen LogP contribution is -2.53. The van der Waals surface area contributed by atoms with E-state index in [2.05, 4.69) is 10.3 Å². The fourth-order valence-electron chi connectivity index (χ4n) is 5.23. The zero-order valence-electron chi connectivity index (χ0n) is 25.6. The van der Waals surface area contributed by atoms with E-state index in [0.29, 0.717) is 22.2 Å². The summed E-state index contributed by atoms with van der Waals surface area (Å²) in [6, 6.07) is 12.8. The molecule has 0 saturated carbocycles. The Morgan fingerprint density at radius 3 is 2.58 bits per heavy atom. The zero-order valence-corrected chi connectivity index (χ0v) is 27.3. The first-order valence-corrected chi connectivity index (χ1v) is 17.1. The van der Waals surface area contributed by atoms with Crippen LogP contribution in [0.25, 0.3) is 0 Å². The molecule has 0 spiro atoms. The van der Waals surface area contributed by atoms with E-state index >= 15 is 0 Å². The fraction of sp³-hybridized carbons (Fsp3) is 0.452. The third-order valence-corrected chi connectivity index (χ3v) is 10.8. The quantitative estimate of drug-likeness (QED) is 0.281. The SMILES string of the molecule is CC[C@@H](C)CN(CC(O)C(Cc1ccccc1)NC(=O)[C@@H]1CN(c2sc(C)nc2C)C(=O)O1)S(=O)(=O)c1ccc2c(c1)OCO2. The van der Waals surface area contributed by atoms with Gasteiger partial charge in [-0.3, -0.25) is 9.69 Å². The number of aliphatic hydroxyl groups excluding tert-OH is 1. The molecule has 1 fully saturated rings. The second-order valence-corrected chi connectivity index (χ2v) is 14.4. The molecule has 242 valence electrons. The molecule has 2 aromatic carbocycles. The van der Waals surface area contributed by atoms with Gasteiger partial charge in [-0.15, -0.1) is 11.3 Å². The lowest BCUT2D eigenvalue weighted by molar-refractivity contribution is -0.129. The Balaban J connectivity index is 1.37. The van der Waals surface area contributed by atoms with Gasteiger partial charge in [-0.1, -0.05) is 50.6 Å². The Labute approximate surface area is 267 Å². The topological polar surface area (TPSA) is 148 Å². The molecule has 3 aromatic rings. The molecule has 4 atom stereocenters. The highest BCUT2D eigenvalue weighted by Crippen LogP contribution is 2.35. The van der Waals surface area contributed by atoms with Crippen molar-refractivity contribution in [1.82, 2.24) is 14.6 Å². The second-order valence-electron chi connectivity index (χ2n) is 11.3. The van der Waals surface area contributed by atoms with Crippen LogP contribution in [-0.4, -0.2) is 79.5 Å². The zero-order chi connectivity index (χ0) is 32.3. The Kier molecular flexibility index (Phi) is 9.97. The molecule has 0 radical (unpaired) electrons. The Hall–Kier alpha value is -3.72. The Morgan fingerprint density at radius 2 is 1.89 bits per heavy atom. The van der Waals surface area contributed by atoms with Crippen molar-refractivity contribution in [3.05, 3.63) is 64.8 Å². The van der Waals surface area contributed by atoms with Crippen molar-refractivity contribution in [2.24, 2.45) is 5.92 Å². The van der Waals surface area contributed by atoms with Crippen LogP contribution in [0.3, 0.4) is 0 Å². The highest BCUT2D eigenvalue weighted by molar-refractivity contribution is 7.89. The highest BCUT2D eigenvalue weighted by Gasteiger charge is 2.40. The van der Waals surface area contributed by atoms with Gasteiger partial charge in [0.05, 0.1) is 34.3 Å². The van der Waals surface area contributed by atoms with E-state index in [9.17, 15) is 23.1 Å². The number of amides is 2. The van der Waals surface area contributed by atoms with Crippen molar-refractivity contribution in [3.63, 3.8) is 0 Å². The number of anilines is 1. The van der Waals surface area contributed by atoms with Crippen LogP contribution in [0.2, 0.25) is 0 Å². The maximum absolute atomic E-state index is 13.9. The van der Waals surface area contributed by atoms with E-state index in [0.717, 1.165) is 17.0 Å². The molecule has 2 unspecified atom stereocenters. The molecule has 45 heavy (non-hydrogen) atoms. The Morgan fingerprint density at radius 1 is 1.16 bits per heavy atom. The van der Waals surface area contributed by atoms with Crippen LogP contribution in [0.4, 0.5) is 9.80 Å². The number of carbonyl (C=O) groups excluding carboxylic acids is 2. The number of nitrogens with one attached hydrogen (secondary N) is 1. The second kappa shape index (κ2) is 13.7. The number of ether oxygens (including phenoxy) is 3. The smallest absolute Gasteiger partial charge is 0.415 e. The summed E-state index contributed by atoms with van der Waals surface area (Å²) in [5.41, 5.74) is 1.49. The van der Waals surface area contributed by atoms with Gasteiger partial charge in [-0.2, -0.15) is 4.31 Å². The summed E-state index contributed by atoms with van der Waals surface area (Å²) in [5, 5.41) is 15.9. The summed E-state index contributed by atoms with van der Waals surface area (Å²) in [4.78, 5) is 32.0. The molecule has 3 heterocycles. The molecule has 5 rings (SSSR count). The molecular weight excluding hydrogens is 620 g/mol. The number of aliphatic hydroxyl groups is 1. The minimum absolute atomic E-state index is 0.00647. The van der Waals surface area contributed by atoms with E-state index < -0.39 is 40.3 Å². The van der Waals surface area contributed by atoms with E-state index in [1.165, 1.54) is 32.7 Å². The third-order valence-electron chi connectivity index (χ3n) is 7.90. The van der Waals surface area contributed by atoms with Crippen molar-refractivity contribution in [2.45, 2.75) is 63.7 Å². The standard InChI is InChI=1S/C31H38N4O8S2/c1-5-19(2)15-34(45(39,40)23-11-12-26-27(14-23)42-18-41-26)16-25(36)24(13-22-9-7-6-8-10-22)33-29(37)28-17-35(31(38)43-28)30-20(3)32-21(4)44-30/h6-12,14,19,24-25,28,36H,5,13,15-18H2,1-4H3,(H,33,37)/t19-,24?,25?,28+/m1/s1. The van der Waals surface area contributed by atoms with Gasteiger partial charge in [0.25, 0.3) is 5.91 Å². The molecule has 2 aliphatic heterocycles. The highest BCUT2D eigenvalue weighted by atomic mass is 32.2. The summed E-state index contributed by atoms with van der Waals surface area (Å²) in [7, 11) is -4.08. The molecule has 2 amide bonds. The minimum Gasteiger partial charge on any atom is -0.454 e. The summed E-state index contributed by atoms with van der Waals surface area (Å²) >= 11 is 1.34. The molecule has 14 heteroatoms. The molecule has 0 aliphatic carbocycles. The van der Waals surface area contributed by atoms with Crippen LogP contribution in [0.1, 0.15) is 36.5 Å². The van der Waals surface area contributed by atoms with Gasteiger partial charge in [-0.25, -0.2) is 18.2 Å². The number of sulfonamides is 1. The van der Waals surface area contributed by atoms with Crippen molar-refractivity contribution in [3.8, 4) is 11.5 Å². The van der Waals surface area contributed by atoms with Crippen molar-refractivity contribution < 1.29 is 37.3 Å². The van der Waals surface area contributed by atoms with Gasteiger partial charge < -0.3 is 24.6 Å². The summed E-state index contributed by atoms with van der Waals surface area (Å²) in [6.07, 6.45) is -2.15. The number of aryl methyl sites for hydroxylation is 2. The van der Waals surface area contributed by atoms with Gasteiger partial charge in [0.2, 0.25) is 16.8 Å². The first-order chi connectivity index (χ1) is 21.5. The summed E-state index contributed by atoms with van der Waals surface area (Å²) in [5.74, 6) is 0.195. The number of carbonyl (C=O) groups is 2.